The third kappa shape index (κ3) is 2.03. The number of hydrogen-bond acceptors (Lipinski definition) is 2. The Labute approximate surface area is 61.8 Å². The fraction of sp³-hybridized carbons (Fsp3) is 0.750. The van der Waals surface area contributed by atoms with Crippen molar-refractivity contribution in [3.8, 4) is 0 Å². The molecule has 1 rings (SSSR count). The lowest BCUT2D eigenvalue weighted by Crippen LogP contribution is -2.20. The summed E-state index contributed by atoms with van der Waals surface area (Å²) in [7, 11) is 0. The highest BCUT2D eigenvalue weighted by atomic mass is 16.7. The van der Waals surface area contributed by atoms with Gasteiger partial charge in [-0.05, 0) is 12.5 Å². The molecule has 0 aromatic rings. The molecule has 0 fully saturated rings. The minimum Gasteiger partial charge on any atom is -0.473 e. The van der Waals surface area contributed by atoms with E-state index in [1.165, 1.54) is 0 Å². The van der Waals surface area contributed by atoms with Crippen LogP contribution in [0.3, 0.4) is 0 Å². The minimum atomic E-state index is -0.0428. The largest absolute Gasteiger partial charge is 0.473 e. The smallest absolute Gasteiger partial charge is 0.201 e. The molecule has 2 heteroatoms. The van der Waals surface area contributed by atoms with Crippen LogP contribution >= 0.6 is 0 Å². The van der Waals surface area contributed by atoms with E-state index in [1.807, 2.05) is 6.08 Å². The maximum absolute atomic E-state index is 5.38. The molecule has 58 valence electrons. The summed E-state index contributed by atoms with van der Waals surface area (Å²) >= 11 is 0. The van der Waals surface area contributed by atoms with Gasteiger partial charge >= 0.3 is 0 Å². The van der Waals surface area contributed by atoms with Gasteiger partial charge in [0.2, 0.25) is 6.29 Å². The van der Waals surface area contributed by atoms with Gasteiger partial charge in [-0.25, -0.2) is 0 Å². The van der Waals surface area contributed by atoms with Gasteiger partial charge < -0.3 is 9.47 Å². The molecule has 0 spiro atoms. The van der Waals surface area contributed by atoms with Crippen molar-refractivity contribution < 1.29 is 9.47 Å². The fourth-order valence-electron chi connectivity index (χ4n) is 0.842. The third-order valence-corrected chi connectivity index (χ3v) is 1.42. The second kappa shape index (κ2) is 3.62. The Kier molecular flexibility index (Phi) is 2.75. The molecule has 0 N–H and O–H groups in total. The molecule has 1 unspecified atom stereocenters. The Morgan fingerprint density at radius 1 is 1.50 bits per heavy atom. The first kappa shape index (κ1) is 7.61. The first-order valence-corrected chi connectivity index (χ1v) is 3.73. The Bertz CT molecular complexity index is 118. The Hall–Kier alpha value is -0.500. The summed E-state index contributed by atoms with van der Waals surface area (Å²) in [6, 6.07) is 0. The predicted octanol–water partition coefficient (Wildman–Crippen LogP) is 1.92. The molecule has 1 aliphatic heterocycles. The number of hydrogen-bond donors (Lipinski definition) is 0. The van der Waals surface area contributed by atoms with Gasteiger partial charge in [-0.3, -0.25) is 0 Å². The third-order valence-electron chi connectivity index (χ3n) is 1.42. The molecule has 0 saturated heterocycles. The average Bonchev–Trinajstić information content (AvgIpc) is 2.12. The maximum atomic E-state index is 5.38. The van der Waals surface area contributed by atoms with Crippen molar-refractivity contribution >= 4 is 0 Å². The molecule has 1 atom stereocenters. The summed E-state index contributed by atoms with van der Waals surface area (Å²) in [4.78, 5) is 0. The fourth-order valence-corrected chi connectivity index (χ4v) is 0.842. The van der Waals surface area contributed by atoms with Crippen molar-refractivity contribution in [2.24, 2.45) is 5.92 Å². The molecule has 1 aliphatic rings. The van der Waals surface area contributed by atoms with Gasteiger partial charge in [0.15, 0.2) is 0 Å². The van der Waals surface area contributed by atoms with Crippen LogP contribution in [0.5, 0.6) is 0 Å². The highest BCUT2D eigenvalue weighted by Gasteiger charge is 2.14. The van der Waals surface area contributed by atoms with Crippen LogP contribution in [0.15, 0.2) is 12.3 Å². The van der Waals surface area contributed by atoms with Crippen molar-refractivity contribution in [1.82, 2.24) is 0 Å². The molecule has 0 aromatic carbocycles. The van der Waals surface area contributed by atoms with Crippen molar-refractivity contribution in [3.05, 3.63) is 12.3 Å². The molecule has 0 radical (unpaired) electrons. The van der Waals surface area contributed by atoms with E-state index in [4.69, 9.17) is 9.47 Å². The van der Waals surface area contributed by atoms with Gasteiger partial charge in [-0.15, -0.1) is 0 Å². The zero-order valence-electron chi connectivity index (χ0n) is 6.54. The maximum Gasteiger partial charge on any atom is 0.201 e. The second-order valence-electron chi connectivity index (χ2n) is 2.78. The standard InChI is InChI=1S/C8H14O2/c1-7(2)8-9-5-3-4-6-10-8/h3,5,7-8H,4,6H2,1-2H3. The lowest BCUT2D eigenvalue weighted by molar-refractivity contribution is -0.125. The summed E-state index contributed by atoms with van der Waals surface area (Å²) in [5.41, 5.74) is 0. The first-order chi connectivity index (χ1) is 4.80. The van der Waals surface area contributed by atoms with Gasteiger partial charge in [0.25, 0.3) is 0 Å². The Morgan fingerprint density at radius 2 is 2.30 bits per heavy atom. The van der Waals surface area contributed by atoms with Crippen LogP contribution in [0.1, 0.15) is 20.3 Å². The Balaban J connectivity index is 2.37. The zero-order chi connectivity index (χ0) is 7.40. The van der Waals surface area contributed by atoms with E-state index in [0.717, 1.165) is 13.0 Å². The lowest BCUT2D eigenvalue weighted by atomic mass is 10.2. The van der Waals surface area contributed by atoms with E-state index < -0.39 is 0 Å². The van der Waals surface area contributed by atoms with Crippen LogP contribution in [0.25, 0.3) is 0 Å². The summed E-state index contributed by atoms with van der Waals surface area (Å²) in [6.45, 7) is 4.95. The molecule has 0 saturated carbocycles. The van der Waals surface area contributed by atoms with E-state index >= 15 is 0 Å². The van der Waals surface area contributed by atoms with Crippen molar-refractivity contribution in [2.75, 3.05) is 6.61 Å². The summed E-state index contributed by atoms with van der Waals surface area (Å²) in [6.07, 6.45) is 4.64. The summed E-state index contributed by atoms with van der Waals surface area (Å²) in [5.74, 6) is 0.433. The second-order valence-corrected chi connectivity index (χ2v) is 2.78. The molecular formula is C8H14O2. The molecule has 10 heavy (non-hydrogen) atoms. The van der Waals surface area contributed by atoms with E-state index in [-0.39, 0.29) is 6.29 Å². The van der Waals surface area contributed by atoms with Crippen molar-refractivity contribution in [2.45, 2.75) is 26.6 Å². The van der Waals surface area contributed by atoms with E-state index in [1.54, 1.807) is 6.26 Å². The molecule has 0 aromatic heterocycles. The average molecular weight is 142 g/mol. The quantitative estimate of drug-likeness (QED) is 0.557. The monoisotopic (exact) mass is 142 g/mol. The molecule has 1 heterocycles. The lowest BCUT2D eigenvalue weighted by Gasteiger charge is -2.18. The topological polar surface area (TPSA) is 18.5 Å². The highest BCUT2D eigenvalue weighted by Crippen LogP contribution is 2.11. The van der Waals surface area contributed by atoms with Crippen molar-refractivity contribution in [3.63, 3.8) is 0 Å². The van der Waals surface area contributed by atoms with Crippen molar-refractivity contribution in [1.29, 1.82) is 0 Å². The molecular weight excluding hydrogens is 128 g/mol. The Morgan fingerprint density at radius 3 is 3.00 bits per heavy atom. The van der Waals surface area contributed by atoms with E-state index in [9.17, 15) is 0 Å². The first-order valence-electron chi connectivity index (χ1n) is 3.73. The molecule has 0 amide bonds. The van der Waals surface area contributed by atoms with Gasteiger partial charge in [-0.1, -0.05) is 13.8 Å². The van der Waals surface area contributed by atoms with Gasteiger partial charge in [0, 0.05) is 5.92 Å². The van der Waals surface area contributed by atoms with Crippen LogP contribution in [0.2, 0.25) is 0 Å². The van der Waals surface area contributed by atoms with Gasteiger partial charge in [0.05, 0.1) is 12.9 Å². The summed E-state index contributed by atoms with van der Waals surface area (Å²) < 4.78 is 10.6. The summed E-state index contributed by atoms with van der Waals surface area (Å²) in [5, 5.41) is 0. The van der Waals surface area contributed by atoms with E-state index in [0.29, 0.717) is 5.92 Å². The minimum absolute atomic E-state index is 0.0428. The van der Waals surface area contributed by atoms with Crippen LogP contribution in [-0.2, 0) is 9.47 Å². The number of ether oxygens (including phenoxy) is 2. The van der Waals surface area contributed by atoms with Crippen LogP contribution in [0, 0.1) is 5.92 Å². The highest BCUT2D eigenvalue weighted by molar-refractivity contribution is 4.76. The van der Waals surface area contributed by atoms with Crippen LogP contribution < -0.4 is 0 Å². The van der Waals surface area contributed by atoms with Crippen LogP contribution in [0.4, 0.5) is 0 Å². The number of rotatable bonds is 1. The van der Waals surface area contributed by atoms with E-state index in [2.05, 4.69) is 13.8 Å². The molecule has 0 bridgehead atoms. The molecule has 0 aliphatic carbocycles. The van der Waals surface area contributed by atoms with Gasteiger partial charge in [0.1, 0.15) is 0 Å². The SMILES string of the molecule is CC(C)C1OC=CCCO1. The zero-order valence-corrected chi connectivity index (χ0v) is 6.54. The van der Waals surface area contributed by atoms with Crippen LogP contribution in [-0.4, -0.2) is 12.9 Å². The molecule has 2 nitrogen and oxygen atoms in total. The normalized spacial score (nSPS) is 26.1. The van der Waals surface area contributed by atoms with Gasteiger partial charge in [-0.2, -0.15) is 0 Å². The predicted molar refractivity (Wildman–Crippen MR) is 39.4 cm³/mol.